The summed E-state index contributed by atoms with van der Waals surface area (Å²) in [6.07, 6.45) is -1.97. The zero-order valence-electron chi connectivity index (χ0n) is 23.7. The molecule has 10 nitrogen and oxygen atoms in total. The third-order valence-electron chi connectivity index (χ3n) is 8.53. The quantitative estimate of drug-likeness (QED) is 0.384. The Bertz CT molecular complexity index is 1570. The number of aromatic nitrogens is 2. The first-order chi connectivity index (χ1) is 20.4. The summed E-state index contributed by atoms with van der Waals surface area (Å²) in [5, 5.41) is 12.9. The molecule has 1 aliphatic carbocycles. The summed E-state index contributed by atoms with van der Waals surface area (Å²) in [7, 11) is 1.73. The van der Waals surface area contributed by atoms with Gasteiger partial charge in [0.05, 0.1) is 11.0 Å². The van der Waals surface area contributed by atoms with Crippen LogP contribution in [0.4, 0.5) is 13.2 Å². The second-order valence-electron chi connectivity index (χ2n) is 11.4. The predicted octanol–water partition coefficient (Wildman–Crippen LogP) is 3.02. The molecule has 2 aliphatic heterocycles. The van der Waals surface area contributed by atoms with Crippen molar-refractivity contribution in [3.8, 4) is 11.1 Å². The van der Waals surface area contributed by atoms with Gasteiger partial charge < -0.3 is 15.3 Å². The van der Waals surface area contributed by atoms with E-state index in [1.807, 2.05) is 18.2 Å². The number of hydrogen-bond acceptors (Lipinski definition) is 6. The van der Waals surface area contributed by atoms with E-state index in [2.05, 4.69) is 39.8 Å². The maximum absolute atomic E-state index is 13.0. The number of imide groups is 1. The van der Waals surface area contributed by atoms with Gasteiger partial charge in [-0.05, 0) is 59.9 Å². The summed E-state index contributed by atoms with van der Waals surface area (Å²) in [5.41, 5.74) is 4.80. The molecule has 43 heavy (non-hydrogen) atoms. The molecule has 0 bridgehead atoms. The third kappa shape index (κ3) is 6.67. The molecule has 6 rings (SSSR count). The van der Waals surface area contributed by atoms with E-state index in [0.717, 1.165) is 35.7 Å². The highest BCUT2D eigenvalue weighted by Gasteiger charge is 2.38. The standard InChI is InChI=1S/C28H33N5O3.C2HF3O2/c1-31-25-16-21(6-7-23(25)33(28(31)36)24-8-9-26(34)30-27(24)35)19-2-4-20(5-3-19)22-14-18(15-22)17-32-12-10-29-11-13-32;3-2(4,5)1(6)7/h2-7,16,18,22,24,29H,8-15,17H2,1H3,(H,30,34,35);(H,6,7). The molecule has 2 saturated heterocycles. The van der Waals surface area contributed by atoms with E-state index in [4.69, 9.17) is 9.90 Å². The zero-order valence-corrected chi connectivity index (χ0v) is 23.7. The first kappa shape index (κ1) is 30.5. The molecule has 3 aromatic rings. The molecule has 1 atom stereocenters. The normalized spacial score (nSPS) is 22.8. The number of nitrogens with one attached hydrogen (secondary N) is 2. The van der Waals surface area contributed by atoms with Crippen LogP contribution in [0.5, 0.6) is 0 Å². The van der Waals surface area contributed by atoms with Gasteiger partial charge in [0.25, 0.3) is 0 Å². The highest BCUT2D eigenvalue weighted by atomic mass is 19.4. The molecule has 2 aromatic carbocycles. The second-order valence-corrected chi connectivity index (χ2v) is 11.4. The molecule has 2 amide bonds. The molecule has 3 fully saturated rings. The third-order valence-corrected chi connectivity index (χ3v) is 8.53. The van der Waals surface area contributed by atoms with Gasteiger partial charge in [-0.25, -0.2) is 9.59 Å². The van der Waals surface area contributed by atoms with Crippen LogP contribution in [0.15, 0.2) is 47.3 Å². The van der Waals surface area contributed by atoms with E-state index >= 15 is 0 Å². The number of aliphatic carboxylic acids is 1. The van der Waals surface area contributed by atoms with Crippen LogP contribution in [-0.2, 0) is 21.4 Å². The number of aryl methyl sites for hydroxylation is 1. The lowest BCUT2D eigenvalue weighted by Crippen LogP contribution is -2.46. The minimum Gasteiger partial charge on any atom is -0.475 e. The fourth-order valence-electron chi connectivity index (χ4n) is 6.14. The number of nitrogens with zero attached hydrogens (tertiary/aromatic N) is 3. The van der Waals surface area contributed by atoms with Gasteiger partial charge in [-0.2, -0.15) is 13.2 Å². The molecule has 1 saturated carbocycles. The summed E-state index contributed by atoms with van der Waals surface area (Å²) in [4.78, 5) is 48.5. The Labute approximate surface area is 245 Å². The van der Waals surface area contributed by atoms with Crippen LogP contribution in [0.1, 0.15) is 43.2 Å². The first-order valence-corrected chi connectivity index (χ1v) is 14.3. The van der Waals surface area contributed by atoms with E-state index in [0.29, 0.717) is 17.9 Å². The highest BCUT2D eigenvalue weighted by Crippen LogP contribution is 2.42. The Hall–Kier alpha value is -3.97. The number of amides is 2. The Morgan fingerprint density at radius 3 is 2.21 bits per heavy atom. The highest BCUT2D eigenvalue weighted by molar-refractivity contribution is 6.00. The fraction of sp³-hybridized carbons (Fsp3) is 0.467. The topological polar surface area (TPSA) is 126 Å². The largest absolute Gasteiger partial charge is 0.490 e. The zero-order chi connectivity index (χ0) is 30.9. The summed E-state index contributed by atoms with van der Waals surface area (Å²) in [6.45, 7) is 5.79. The fourth-order valence-corrected chi connectivity index (χ4v) is 6.14. The van der Waals surface area contributed by atoms with E-state index in [-0.39, 0.29) is 18.0 Å². The monoisotopic (exact) mass is 601 g/mol. The Kier molecular flexibility index (Phi) is 8.74. The van der Waals surface area contributed by atoms with Crippen molar-refractivity contribution in [1.29, 1.82) is 0 Å². The van der Waals surface area contributed by atoms with Gasteiger partial charge in [-0.3, -0.25) is 24.0 Å². The number of carbonyl (C=O) groups excluding carboxylic acids is 2. The maximum atomic E-state index is 13.0. The van der Waals surface area contributed by atoms with Gasteiger partial charge in [0.1, 0.15) is 6.04 Å². The van der Waals surface area contributed by atoms with E-state index in [9.17, 15) is 27.6 Å². The summed E-state index contributed by atoms with van der Waals surface area (Å²) in [6, 6.07) is 14.1. The minimum absolute atomic E-state index is 0.237. The molecule has 230 valence electrons. The summed E-state index contributed by atoms with van der Waals surface area (Å²) < 4.78 is 34.8. The lowest BCUT2D eigenvalue weighted by molar-refractivity contribution is -0.192. The van der Waals surface area contributed by atoms with Crippen molar-refractivity contribution in [3.05, 3.63) is 58.5 Å². The number of fused-ring (bicyclic) bond motifs is 1. The average molecular weight is 602 g/mol. The van der Waals surface area contributed by atoms with Gasteiger partial charge in [0.2, 0.25) is 11.8 Å². The predicted molar refractivity (Wildman–Crippen MR) is 153 cm³/mol. The average Bonchev–Trinajstić information content (AvgIpc) is 3.20. The molecule has 13 heteroatoms. The number of benzene rings is 2. The van der Waals surface area contributed by atoms with Crippen molar-refractivity contribution in [3.63, 3.8) is 0 Å². The molecular weight excluding hydrogens is 567 g/mol. The van der Waals surface area contributed by atoms with Crippen LogP contribution in [0.25, 0.3) is 22.2 Å². The number of carbonyl (C=O) groups is 3. The lowest BCUT2D eigenvalue weighted by atomic mass is 9.71. The van der Waals surface area contributed by atoms with Gasteiger partial charge in [0, 0.05) is 46.2 Å². The molecule has 3 heterocycles. The maximum Gasteiger partial charge on any atom is 0.490 e. The van der Waals surface area contributed by atoms with Crippen molar-refractivity contribution < 1.29 is 32.7 Å². The number of alkyl halides is 3. The SMILES string of the molecule is Cn1c(=O)n(C2CCC(=O)NC2=O)c2ccc(-c3ccc(C4CC(CN5CCNCC5)C4)cc3)cc21.O=C(O)C(F)(F)F. The lowest BCUT2D eigenvalue weighted by Gasteiger charge is -2.40. The number of rotatable bonds is 5. The van der Waals surface area contributed by atoms with Crippen LogP contribution >= 0.6 is 0 Å². The van der Waals surface area contributed by atoms with Gasteiger partial charge in [-0.1, -0.05) is 30.3 Å². The van der Waals surface area contributed by atoms with Crippen LogP contribution in [-0.4, -0.2) is 75.8 Å². The van der Waals surface area contributed by atoms with Gasteiger partial charge >= 0.3 is 17.8 Å². The van der Waals surface area contributed by atoms with Crippen molar-refractivity contribution in [1.82, 2.24) is 24.7 Å². The molecule has 0 spiro atoms. The molecule has 3 aliphatic rings. The van der Waals surface area contributed by atoms with Crippen molar-refractivity contribution in [2.24, 2.45) is 13.0 Å². The van der Waals surface area contributed by atoms with Crippen LogP contribution in [0, 0.1) is 5.92 Å². The van der Waals surface area contributed by atoms with E-state index in [1.165, 1.54) is 42.6 Å². The number of carboxylic acids is 1. The van der Waals surface area contributed by atoms with Crippen molar-refractivity contribution in [2.45, 2.75) is 43.8 Å². The van der Waals surface area contributed by atoms with Crippen molar-refractivity contribution >= 4 is 28.8 Å². The smallest absolute Gasteiger partial charge is 0.475 e. The number of hydrogen-bond donors (Lipinski definition) is 3. The summed E-state index contributed by atoms with van der Waals surface area (Å²) >= 11 is 0. The summed E-state index contributed by atoms with van der Waals surface area (Å²) in [5.74, 6) is -1.99. The van der Waals surface area contributed by atoms with Gasteiger partial charge in [0.15, 0.2) is 0 Å². The number of carboxylic acid groups (broad SMARTS) is 1. The van der Waals surface area contributed by atoms with Crippen LogP contribution in [0.2, 0.25) is 0 Å². The molecule has 3 N–H and O–H groups in total. The number of halogens is 3. The molecule has 0 radical (unpaired) electrons. The second kappa shape index (κ2) is 12.3. The first-order valence-electron chi connectivity index (χ1n) is 14.3. The van der Waals surface area contributed by atoms with Gasteiger partial charge in [-0.15, -0.1) is 0 Å². The molecule has 1 aromatic heterocycles. The number of imidazole rings is 1. The Morgan fingerprint density at radius 2 is 1.60 bits per heavy atom. The molecular formula is C30H34F3N5O5. The van der Waals surface area contributed by atoms with Crippen LogP contribution in [0.3, 0.4) is 0 Å². The minimum atomic E-state index is -5.08. The Balaban J connectivity index is 0.000000472. The van der Waals surface area contributed by atoms with E-state index in [1.54, 1.807) is 11.6 Å². The number of piperidine rings is 1. The molecule has 1 unspecified atom stereocenters. The Morgan fingerprint density at radius 1 is 0.977 bits per heavy atom. The van der Waals surface area contributed by atoms with E-state index < -0.39 is 24.1 Å². The van der Waals surface area contributed by atoms with Crippen LogP contribution < -0.4 is 16.3 Å². The number of piperazine rings is 1. The van der Waals surface area contributed by atoms with Crippen molar-refractivity contribution in [2.75, 3.05) is 32.7 Å².